The maximum Gasteiger partial charge on any atom is 0.343 e. The third-order valence-electron chi connectivity index (χ3n) is 6.14. The topological polar surface area (TPSA) is 46.6 Å². The molecule has 2 aromatic carbocycles. The smallest absolute Gasteiger partial charge is 0.343 e. The van der Waals surface area contributed by atoms with E-state index in [0.29, 0.717) is 20.5 Å². The summed E-state index contributed by atoms with van der Waals surface area (Å²) in [4.78, 5) is 27.9. The van der Waals surface area contributed by atoms with Gasteiger partial charge in [0.05, 0.1) is 10.5 Å². The van der Waals surface area contributed by atoms with E-state index in [1.165, 1.54) is 18.2 Å². The van der Waals surface area contributed by atoms with Crippen molar-refractivity contribution in [1.82, 2.24) is 4.90 Å². The molecule has 33 heavy (non-hydrogen) atoms. The van der Waals surface area contributed by atoms with Gasteiger partial charge in [-0.1, -0.05) is 88.3 Å². The molecule has 1 aliphatic heterocycles. The second-order valence-corrected chi connectivity index (χ2v) is 11.3. The molecule has 0 N–H and O–H groups in total. The van der Waals surface area contributed by atoms with Gasteiger partial charge in [-0.15, -0.1) is 0 Å². The van der Waals surface area contributed by atoms with Crippen LogP contribution in [-0.4, -0.2) is 27.1 Å². The normalized spacial score (nSPS) is 18.8. The second kappa shape index (κ2) is 9.82. The van der Waals surface area contributed by atoms with Crippen LogP contribution < -0.4 is 4.74 Å². The largest absolute Gasteiger partial charge is 0.423 e. The summed E-state index contributed by atoms with van der Waals surface area (Å²) in [6.45, 7) is 6.40. The highest BCUT2D eigenvalue weighted by atomic mass is 32.2. The molecule has 4 rings (SSSR count). The summed E-state index contributed by atoms with van der Waals surface area (Å²) in [6.07, 6.45) is 7.46. The summed E-state index contributed by atoms with van der Waals surface area (Å²) in [5, 5.41) is 0. The van der Waals surface area contributed by atoms with Gasteiger partial charge >= 0.3 is 5.97 Å². The van der Waals surface area contributed by atoms with Crippen LogP contribution in [0.4, 0.5) is 0 Å². The van der Waals surface area contributed by atoms with Gasteiger partial charge in [-0.05, 0) is 59.7 Å². The number of hydrogen-bond acceptors (Lipinski definition) is 5. The Morgan fingerprint density at radius 3 is 2.27 bits per heavy atom. The van der Waals surface area contributed by atoms with Crippen molar-refractivity contribution in [3.05, 3.63) is 70.1 Å². The van der Waals surface area contributed by atoms with Crippen molar-refractivity contribution in [2.45, 2.75) is 64.3 Å². The Bertz CT molecular complexity index is 1080. The lowest BCUT2D eigenvalue weighted by Gasteiger charge is -2.29. The predicted molar refractivity (Wildman–Crippen MR) is 138 cm³/mol. The maximum atomic E-state index is 13.0. The Morgan fingerprint density at radius 1 is 1.03 bits per heavy atom. The maximum absolute atomic E-state index is 13.0. The van der Waals surface area contributed by atoms with Crippen LogP contribution in [0.3, 0.4) is 0 Å². The molecule has 2 aromatic rings. The third kappa shape index (κ3) is 5.56. The Labute approximate surface area is 205 Å². The molecule has 1 saturated heterocycles. The first kappa shape index (κ1) is 23.7. The van der Waals surface area contributed by atoms with Gasteiger partial charge < -0.3 is 4.74 Å². The van der Waals surface area contributed by atoms with Gasteiger partial charge in [-0.2, -0.15) is 0 Å². The summed E-state index contributed by atoms with van der Waals surface area (Å²) < 4.78 is 6.18. The molecule has 1 amide bonds. The van der Waals surface area contributed by atoms with Gasteiger partial charge in [0, 0.05) is 6.04 Å². The minimum atomic E-state index is -0.392. The van der Waals surface area contributed by atoms with Crippen molar-refractivity contribution in [3.63, 3.8) is 0 Å². The average molecular weight is 480 g/mol. The van der Waals surface area contributed by atoms with Crippen LogP contribution in [0.5, 0.6) is 5.75 Å². The van der Waals surface area contributed by atoms with E-state index in [1.807, 2.05) is 35.2 Å². The highest BCUT2D eigenvalue weighted by molar-refractivity contribution is 8.26. The van der Waals surface area contributed by atoms with Gasteiger partial charge in [0.15, 0.2) is 0 Å². The zero-order valence-electron chi connectivity index (χ0n) is 19.3. The fourth-order valence-electron chi connectivity index (χ4n) is 4.19. The van der Waals surface area contributed by atoms with Crippen LogP contribution in [0.2, 0.25) is 0 Å². The molecule has 1 saturated carbocycles. The van der Waals surface area contributed by atoms with Crippen LogP contribution in [0.15, 0.2) is 53.4 Å². The van der Waals surface area contributed by atoms with Crippen molar-refractivity contribution >= 4 is 46.3 Å². The second-order valence-electron chi connectivity index (χ2n) is 9.63. The van der Waals surface area contributed by atoms with Crippen molar-refractivity contribution < 1.29 is 14.3 Å². The van der Waals surface area contributed by atoms with Gasteiger partial charge in [-0.25, -0.2) is 4.79 Å². The first-order valence-electron chi connectivity index (χ1n) is 11.4. The molecule has 2 aliphatic rings. The number of thiocarbonyl (C=S) groups is 1. The fraction of sp³-hybridized carbons (Fsp3) is 0.370. The molecule has 6 heteroatoms. The zero-order chi connectivity index (χ0) is 23.6. The van der Waals surface area contributed by atoms with Crippen molar-refractivity contribution in [3.8, 4) is 5.75 Å². The Kier molecular flexibility index (Phi) is 7.05. The van der Waals surface area contributed by atoms with Crippen LogP contribution in [0.25, 0.3) is 6.08 Å². The lowest BCUT2D eigenvalue weighted by Crippen LogP contribution is -2.39. The molecule has 0 bridgehead atoms. The van der Waals surface area contributed by atoms with E-state index in [0.717, 1.165) is 36.8 Å². The molecule has 0 spiro atoms. The molecule has 1 heterocycles. The molecule has 2 fully saturated rings. The number of nitrogens with zero attached hydrogens (tertiary/aromatic N) is 1. The number of esters is 1. The van der Waals surface area contributed by atoms with Gasteiger partial charge in [0.2, 0.25) is 0 Å². The SMILES string of the molecule is CC(C)(C)c1ccc(C(=O)Oc2ccc(C=C3SC(=S)N(C4CCCCC4)C3=O)cc2)cc1. The Balaban J connectivity index is 1.41. The molecule has 0 unspecified atom stereocenters. The van der Waals surface area contributed by atoms with Gasteiger partial charge in [-0.3, -0.25) is 9.69 Å². The molecule has 0 radical (unpaired) electrons. The van der Waals surface area contributed by atoms with E-state index in [4.69, 9.17) is 17.0 Å². The van der Waals surface area contributed by atoms with Crippen molar-refractivity contribution in [2.75, 3.05) is 0 Å². The molecule has 4 nitrogen and oxygen atoms in total. The van der Waals surface area contributed by atoms with Crippen LogP contribution in [-0.2, 0) is 10.2 Å². The quantitative estimate of drug-likeness (QED) is 0.210. The summed E-state index contributed by atoms with van der Waals surface area (Å²) in [7, 11) is 0. The third-order valence-corrected chi connectivity index (χ3v) is 7.47. The highest BCUT2D eigenvalue weighted by Gasteiger charge is 2.37. The number of benzene rings is 2. The minimum Gasteiger partial charge on any atom is -0.423 e. The number of hydrogen-bond donors (Lipinski definition) is 0. The molecule has 172 valence electrons. The van der Waals surface area contributed by atoms with E-state index >= 15 is 0 Å². The summed E-state index contributed by atoms with van der Waals surface area (Å²) in [5.41, 5.74) is 2.58. The molecule has 0 aromatic heterocycles. The lowest BCUT2D eigenvalue weighted by atomic mass is 9.87. The number of amides is 1. The number of thioether (sulfide) groups is 1. The minimum absolute atomic E-state index is 0.00566. The first-order valence-corrected chi connectivity index (χ1v) is 12.6. The summed E-state index contributed by atoms with van der Waals surface area (Å²) >= 11 is 6.87. The Hall–Kier alpha value is -2.44. The number of rotatable bonds is 4. The lowest BCUT2D eigenvalue weighted by molar-refractivity contribution is -0.124. The van der Waals surface area contributed by atoms with Crippen LogP contribution in [0.1, 0.15) is 74.4 Å². The van der Waals surface area contributed by atoms with E-state index in [2.05, 4.69) is 20.8 Å². The number of ether oxygens (including phenoxy) is 1. The molecular weight excluding hydrogens is 450 g/mol. The van der Waals surface area contributed by atoms with Crippen molar-refractivity contribution in [2.24, 2.45) is 0 Å². The summed E-state index contributed by atoms with van der Waals surface area (Å²) in [5.74, 6) is 0.0782. The zero-order valence-corrected chi connectivity index (χ0v) is 20.9. The van der Waals surface area contributed by atoms with E-state index in [9.17, 15) is 9.59 Å². The van der Waals surface area contributed by atoms with Crippen LogP contribution in [0, 0.1) is 0 Å². The molecule has 1 aliphatic carbocycles. The average Bonchev–Trinajstić information content (AvgIpc) is 3.07. The summed E-state index contributed by atoms with van der Waals surface area (Å²) in [6, 6.07) is 14.9. The van der Waals surface area contributed by atoms with E-state index in [1.54, 1.807) is 24.3 Å². The molecular formula is C27H29NO3S2. The van der Waals surface area contributed by atoms with E-state index < -0.39 is 5.97 Å². The predicted octanol–water partition coefficient (Wildman–Crippen LogP) is 6.74. The molecule has 0 atom stereocenters. The van der Waals surface area contributed by atoms with Crippen LogP contribution >= 0.6 is 24.0 Å². The van der Waals surface area contributed by atoms with Gasteiger partial charge in [0.1, 0.15) is 10.1 Å². The number of carbonyl (C=O) groups is 2. The first-order chi connectivity index (χ1) is 15.7. The Morgan fingerprint density at radius 2 is 1.67 bits per heavy atom. The monoisotopic (exact) mass is 479 g/mol. The van der Waals surface area contributed by atoms with E-state index in [-0.39, 0.29) is 17.4 Å². The fourth-order valence-corrected chi connectivity index (χ4v) is 5.59. The highest BCUT2D eigenvalue weighted by Crippen LogP contribution is 2.37. The number of carbonyl (C=O) groups excluding carboxylic acids is 2. The van der Waals surface area contributed by atoms with Crippen molar-refractivity contribution in [1.29, 1.82) is 0 Å². The standard InChI is InChI=1S/C27H29NO3S2/c1-27(2,3)20-13-11-19(12-14-20)25(30)31-22-15-9-18(10-16-22)17-23-24(29)28(26(32)33-23)21-7-5-4-6-8-21/h9-17,21H,4-8H2,1-3H3. The van der Waals surface area contributed by atoms with Gasteiger partial charge in [0.25, 0.3) is 5.91 Å².